The Labute approximate surface area is 115 Å². The van der Waals surface area contributed by atoms with Gasteiger partial charge >= 0.3 is 0 Å². The summed E-state index contributed by atoms with van der Waals surface area (Å²) in [4.78, 5) is 2.25. The molecule has 0 saturated carbocycles. The van der Waals surface area contributed by atoms with Crippen molar-refractivity contribution in [3.05, 3.63) is 41.3 Å². The molecule has 0 atom stereocenters. The average Bonchev–Trinajstić information content (AvgIpc) is 2.42. The topological polar surface area (TPSA) is 40.6 Å². The molecular formula is C14H20N2O2S. The summed E-state index contributed by atoms with van der Waals surface area (Å²) in [6.07, 6.45) is 0. The number of hydrogen-bond donors (Lipinski definition) is 0. The van der Waals surface area contributed by atoms with Crippen LogP contribution in [0.4, 0.5) is 5.69 Å². The Bertz CT molecular complexity index is 573. The van der Waals surface area contributed by atoms with Crippen molar-refractivity contribution in [3.63, 3.8) is 0 Å². The van der Waals surface area contributed by atoms with E-state index in [2.05, 4.69) is 43.5 Å². The van der Waals surface area contributed by atoms with Crippen LogP contribution in [0, 0.1) is 13.8 Å². The van der Waals surface area contributed by atoms with E-state index in [-0.39, 0.29) is 0 Å². The van der Waals surface area contributed by atoms with Gasteiger partial charge in [0, 0.05) is 37.3 Å². The first-order valence-corrected chi connectivity index (χ1v) is 7.89. The smallest absolute Gasteiger partial charge is 0.235 e. The van der Waals surface area contributed by atoms with Gasteiger partial charge in [0.1, 0.15) is 0 Å². The predicted octanol–water partition coefficient (Wildman–Crippen LogP) is 1.90. The highest BCUT2D eigenvalue weighted by Crippen LogP contribution is 2.23. The lowest BCUT2D eigenvalue weighted by molar-refractivity contribution is 0.390. The van der Waals surface area contributed by atoms with Crippen LogP contribution in [-0.4, -0.2) is 38.9 Å². The third-order valence-electron chi connectivity index (χ3n) is 3.51. The van der Waals surface area contributed by atoms with Crippen molar-refractivity contribution in [1.29, 1.82) is 0 Å². The molecule has 0 aliphatic carbocycles. The molecular weight excluding hydrogens is 260 g/mol. The third kappa shape index (κ3) is 2.98. The van der Waals surface area contributed by atoms with E-state index in [9.17, 15) is 8.42 Å². The Kier molecular flexibility index (Phi) is 3.96. The maximum Gasteiger partial charge on any atom is 0.235 e. The van der Waals surface area contributed by atoms with Gasteiger partial charge in [-0.15, -0.1) is 0 Å². The lowest BCUT2D eigenvalue weighted by Crippen LogP contribution is -2.48. The van der Waals surface area contributed by atoms with Gasteiger partial charge in [0.25, 0.3) is 0 Å². The second kappa shape index (κ2) is 5.35. The van der Waals surface area contributed by atoms with E-state index < -0.39 is 10.0 Å². The number of piperazine rings is 1. The van der Waals surface area contributed by atoms with Gasteiger partial charge < -0.3 is 4.90 Å². The van der Waals surface area contributed by atoms with Crippen LogP contribution >= 0.6 is 0 Å². The van der Waals surface area contributed by atoms with Gasteiger partial charge in [-0.3, -0.25) is 0 Å². The summed E-state index contributed by atoms with van der Waals surface area (Å²) < 4.78 is 24.9. The van der Waals surface area contributed by atoms with Crippen LogP contribution in [0.3, 0.4) is 0 Å². The fourth-order valence-electron chi connectivity index (χ4n) is 2.35. The number of benzene rings is 1. The Morgan fingerprint density at radius 3 is 2.37 bits per heavy atom. The van der Waals surface area contributed by atoms with Crippen LogP contribution in [0.1, 0.15) is 11.1 Å². The summed E-state index contributed by atoms with van der Waals surface area (Å²) in [5, 5.41) is 1.03. The highest BCUT2D eigenvalue weighted by atomic mass is 32.2. The molecule has 4 nitrogen and oxygen atoms in total. The van der Waals surface area contributed by atoms with Gasteiger partial charge in [0.15, 0.2) is 0 Å². The quantitative estimate of drug-likeness (QED) is 0.849. The highest BCUT2D eigenvalue weighted by Gasteiger charge is 2.25. The minimum absolute atomic E-state index is 0.516. The number of hydrogen-bond acceptors (Lipinski definition) is 3. The van der Waals surface area contributed by atoms with Crippen molar-refractivity contribution in [2.75, 3.05) is 31.1 Å². The average molecular weight is 280 g/mol. The van der Waals surface area contributed by atoms with E-state index in [1.165, 1.54) is 21.1 Å². The van der Waals surface area contributed by atoms with Crippen LogP contribution in [0.2, 0.25) is 0 Å². The van der Waals surface area contributed by atoms with E-state index in [0.29, 0.717) is 13.1 Å². The summed E-state index contributed by atoms with van der Waals surface area (Å²) in [6, 6.07) is 6.36. The minimum Gasteiger partial charge on any atom is -0.369 e. The molecule has 1 aliphatic heterocycles. The Balaban J connectivity index is 2.12. The number of rotatable bonds is 3. The summed E-state index contributed by atoms with van der Waals surface area (Å²) >= 11 is 0. The van der Waals surface area contributed by atoms with E-state index in [1.54, 1.807) is 0 Å². The van der Waals surface area contributed by atoms with Gasteiger partial charge in [-0.2, -0.15) is 4.31 Å². The fourth-order valence-corrected chi connectivity index (χ4v) is 3.23. The highest BCUT2D eigenvalue weighted by molar-refractivity contribution is 7.92. The van der Waals surface area contributed by atoms with Crippen molar-refractivity contribution >= 4 is 15.7 Å². The first-order valence-electron chi connectivity index (χ1n) is 6.39. The zero-order valence-corrected chi connectivity index (χ0v) is 12.3. The molecule has 0 aromatic heterocycles. The second-order valence-corrected chi connectivity index (χ2v) is 6.77. The Morgan fingerprint density at radius 1 is 1.16 bits per heavy atom. The van der Waals surface area contributed by atoms with Gasteiger partial charge in [-0.25, -0.2) is 8.42 Å². The molecule has 2 rings (SSSR count). The SMILES string of the molecule is C=CS(=O)(=O)N1CCN(c2cc(C)ccc2C)CC1. The Hall–Kier alpha value is -1.33. The molecule has 0 radical (unpaired) electrons. The molecule has 0 spiro atoms. The van der Waals surface area contributed by atoms with Crippen molar-refractivity contribution in [3.8, 4) is 0 Å². The number of nitrogens with zero attached hydrogens (tertiary/aromatic N) is 2. The molecule has 5 heteroatoms. The van der Waals surface area contributed by atoms with E-state index in [4.69, 9.17) is 0 Å². The van der Waals surface area contributed by atoms with Crippen LogP contribution in [-0.2, 0) is 10.0 Å². The van der Waals surface area contributed by atoms with E-state index >= 15 is 0 Å². The third-order valence-corrected chi connectivity index (χ3v) is 5.02. The van der Waals surface area contributed by atoms with Crippen molar-refractivity contribution in [2.24, 2.45) is 0 Å². The van der Waals surface area contributed by atoms with Gasteiger partial charge in [-0.05, 0) is 31.0 Å². The first kappa shape index (κ1) is 14.1. The normalized spacial score (nSPS) is 17.5. The van der Waals surface area contributed by atoms with Crippen molar-refractivity contribution < 1.29 is 8.42 Å². The summed E-state index contributed by atoms with van der Waals surface area (Å²) in [5.74, 6) is 0. The zero-order valence-electron chi connectivity index (χ0n) is 11.5. The molecule has 0 bridgehead atoms. The molecule has 0 amide bonds. The van der Waals surface area contributed by atoms with Crippen LogP contribution in [0.15, 0.2) is 30.2 Å². The van der Waals surface area contributed by atoms with Crippen LogP contribution < -0.4 is 4.90 Å². The maximum atomic E-state index is 11.7. The summed E-state index contributed by atoms with van der Waals surface area (Å²) in [5.41, 5.74) is 3.66. The molecule has 0 N–H and O–H groups in total. The van der Waals surface area contributed by atoms with Gasteiger partial charge in [0.2, 0.25) is 10.0 Å². The lowest BCUT2D eigenvalue weighted by Gasteiger charge is -2.35. The van der Waals surface area contributed by atoms with Crippen molar-refractivity contribution in [1.82, 2.24) is 4.31 Å². The largest absolute Gasteiger partial charge is 0.369 e. The van der Waals surface area contributed by atoms with Crippen molar-refractivity contribution in [2.45, 2.75) is 13.8 Å². The summed E-state index contributed by atoms with van der Waals surface area (Å²) in [7, 11) is -3.27. The molecule has 1 aliphatic rings. The van der Waals surface area contributed by atoms with Crippen LogP contribution in [0.5, 0.6) is 0 Å². The predicted molar refractivity (Wildman–Crippen MR) is 78.8 cm³/mol. The van der Waals surface area contributed by atoms with E-state index in [1.807, 2.05) is 0 Å². The standard InChI is InChI=1S/C14H20N2O2S/c1-4-19(17,18)16-9-7-15(8-10-16)14-11-12(2)5-6-13(14)3/h4-6,11H,1,7-10H2,2-3H3. The molecule has 19 heavy (non-hydrogen) atoms. The molecule has 1 aromatic rings. The molecule has 0 unspecified atom stereocenters. The zero-order chi connectivity index (χ0) is 14.0. The Morgan fingerprint density at radius 2 is 1.79 bits per heavy atom. The fraction of sp³-hybridized carbons (Fsp3) is 0.429. The molecule has 104 valence electrons. The van der Waals surface area contributed by atoms with Gasteiger partial charge in [-0.1, -0.05) is 18.7 Å². The van der Waals surface area contributed by atoms with E-state index in [0.717, 1.165) is 18.5 Å². The molecule has 1 aromatic carbocycles. The summed E-state index contributed by atoms with van der Waals surface area (Å²) in [6.45, 7) is 9.99. The monoisotopic (exact) mass is 280 g/mol. The number of anilines is 1. The number of sulfonamides is 1. The molecule has 1 fully saturated rings. The van der Waals surface area contributed by atoms with Crippen LogP contribution in [0.25, 0.3) is 0 Å². The number of aryl methyl sites for hydroxylation is 2. The molecule has 1 saturated heterocycles. The molecule has 1 heterocycles. The maximum absolute atomic E-state index is 11.7. The second-order valence-electron chi connectivity index (χ2n) is 4.89. The minimum atomic E-state index is -3.27. The lowest BCUT2D eigenvalue weighted by atomic mass is 10.1. The first-order chi connectivity index (χ1) is 8.94. The van der Waals surface area contributed by atoms with Gasteiger partial charge in [0.05, 0.1) is 0 Å².